The van der Waals surface area contributed by atoms with Crippen molar-refractivity contribution in [1.82, 2.24) is 4.90 Å². The first kappa shape index (κ1) is 12.8. The molecule has 0 bridgehead atoms. The maximum Gasteiger partial charge on any atom is 0.141 e. The summed E-state index contributed by atoms with van der Waals surface area (Å²) in [6.07, 6.45) is 2.06. The number of thioether (sulfide) groups is 1. The fraction of sp³-hybridized carbons (Fsp3) is 0.455. The summed E-state index contributed by atoms with van der Waals surface area (Å²) in [6.45, 7) is 2.08. The lowest BCUT2D eigenvalue weighted by Crippen LogP contribution is -2.21. The summed E-state index contributed by atoms with van der Waals surface area (Å²) in [5.74, 6) is 0.580. The molecule has 0 amide bonds. The molecule has 0 spiro atoms. The molecule has 84 valence electrons. The number of halogens is 2. The highest BCUT2D eigenvalue weighted by Gasteiger charge is 2.12. The van der Waals surface area contributed by atoms with Crippen LogP contribution in [0, 0.1) is 5.82 Å². The number of nitrogens with zero attached hydrogens (tertiary/aromatic N) is 1. The van der Waals surface area contributed by atoms with E-state index in [-0.39, 0.29) is 16.9 Å². The Morgan fingerprint density at radius 3 is 2.73 bits per heavy atom. The fourth-order valence-electron chi connectivity index (χ4n) is 1.34. The smallest absolute Gasteiger partial charge is 0.141 e. The minimum absolute atomic E-state index is 0.192. The van der Waals surface area contributed by atoms with E-state index in [1.807, 2.05) is 7.05 Å². The summed E-state index contributed by atoms with van der Waals surface area (Å²) in [6, 6.07) is 5.14. The van der Waals surface area contributed by atoms with Crippen molar-refractivity contribution in [2.45, 2.75) is 13.0 Å². The van der Waals surface area contributed by atoms with Gasteiger partial charge < -0.3 is 0 Å². The molecule has 4 heteroatoms. The van der Waals surface area contributed by atoms with Crippen molar-refractivity contribution >= 4 is 23.4 Å². The lowest BCUT2D eigenvalue weighted by Gasteiger charge is -2.24. The van der Waals surface area contributed by atoms with Crippen LogP contribution in [0.1, 0.15) is 18.5 Å². The molecule has 0 aromatic heterocycles. The van der Waals surface area contributed by atoms with E-state index >= 15 is 0 Å². The van der Waals surface area contributed by atoms with Gasteiger partial charge >= 0.3 is 0 Å². The van der Waals surface area contributed by atoms with Crippen LogP contribution in [0.4, 0.5) is 4.39 Å². The molecule has 0 aliphatic rings. The molecule has 0 N–H and O–H groups in total. The molecule has 1 nitrogen and oxygen atoms in total. The van der Waals surface area contributed by atoms with Crippen LogP contribution >= 0.6 is 23.4 Å². The summed E-state index contributed by atoms with van der Waals surface area (Å²) in [5, 5.41) is 0.192. The number of benzene rings is 1. The van der Waals surface area contributed by atoms with E-state index in [0.29, 0.717) is 0 Å². The van der Waals surface area contributed by atoms with Crippen LogP contribution in [0.15, 0.2) is 18.2 Å². The first-order chi connectivity index (χ1) is 7.06. The van der Waals surface area contributed by atoms with Gasteiger partial charge in [0.25, 0.3) is 0 Å². The van der Waals surface area contributed by atoms with Crippen molar-refractivity contribution in [3.05, 3.63) is 34.6 Å². The molecule has 0 saturated carbocycles. The highest BCUT2D eigenvalue weighted by Crippen LogP contribution is 2.24. The molecular weight excluding hydrogens is 233 g/mol. The Kier molecular flexibility index (Phi) is 4.90. The van der Waals surface area contributed by atoms with E-state index in [4.69, 9.17) is 11.6 Å². The summed E-state index contributed by atoms with van der Waals surface area (Å²) in [7, 11) is 2.04. The molecule has 1 aromatic rings. The lowest BCUT2D eigenvalue weighted by atomic mass is 10.1. The minimum atomic E-state index is -0.361. The first-order valence-electron chi connectivity index (χ1n) is 4.70. The van der Waals surface area contributed by atoms with Crippen LogP contribution in [-0.2, 0) is 0 Å². The van der Waals surface area contributed by atoms with Gasteiger partial charge in [0, 0.05) is 11.9 Å². The topological polar surface area (TPSA) is 3.24 Å². The van der Waals surface area contributed by atoms with Crippen LogP contribution in [0.5, 0.6) is 0 Å². The van der Waals surface area contributed by atoms with Gasteiger partial charge in [-0.3, -0.25) is 4.90 Å². The Labute approximate surface area is 99.6 Å². The van der Waals surface area contributed by atoms with Gasteiger partial charge in [-0.25, -0.2) is 4.39 Å². The molecule has 1 atom stereocenters. The maximum absolute atomic E-state index is 13.0. The average molecular weight is 248 g/mol. The van der Waals surface area contributed by atoms with E-state index < -0.39 is 0 Å². The summed E-state index contributed by atoms with van der Waals surface area (Å²) in [5.41, 5.74) is 1.04. The molecule has 0 unspecified atom stereocenters. The molecule has 1 aromatic carbocycles. The van der Waals surface area contributed by atoms with Crippen LogP contribution in [0.2, 0.25) is 5.02 Å². The zero-order valence-electron chi connectivity index (χ0n) is 9.13. The van der Waals surface area contributed by atoms with Gasteiger partial charge in [0.15, 0.2) is 0 Å². The SMILES string of the molecule is CSCN(C)[C@H](C)c1ccc(F)c(Cl)c1. The van der Waals surface area contributed by atoms with Crippen molar-refractivity contribution in [2.75, 3.05) is 19.2 Å². The highest BCUT2D eigenvalue weighted by molar-refractivity contribution is 7.98. The Hall–Kier alpha value is -0.250. The number of hydrogen-bond donors (Lipinski definition) is 0. The molecule has 0 radical (unpaired) electrons. The molecule has 1 rings (SSSR count). The van der Waals surface area contributed by atoms with Crippen molar-refractivity contribution in [2.24, 2.45) is 0 Å². The molecule has 0 heterocycles. The molecule has 15 heavy (non-hydrogen) atoms. The van der Waals surface area contributed by atoms with Gasteiger partial charge in [-0.2, -0.15) is 0 Å². The summed E-state index contributed by atoms with van der Waals surface area (Å²) >= 11 is 7.50. The lowest BCUT2D eigenvalue weighted by molar-refractivity contribution is 0.308. The molecule has 0 saturated heterocycles. The van der Waals surface area contributed by atoms with Gasteiger partial charge in [0.05, 0.1) is 5.02 Å². The molecule has 0 aliphatic carbocycles. The third-order valence-corrected chi connectivity index (χ3v) is 3.38. The molecular formula is C11H15ClFNS. The Morgan fingerprint density at radius 1 is 1.53 bits per heavy atom. The summed E-state index contributed by atoms with van der Waals surface area (Å²) in [4.78, 5) is 2.19. The Bertz CT molecular complexity index is 332. The van der Waals surface area contributed by atoms with Crippen LogP contribution in [0.3, 0.4) is 0 Å². The fourth-order valence-corrected chi connectivity index (χ4v) is 2.16. The standard InChI is InChI=1S/C11H15ClFNS/c1-8(14(2)7-15-3)9-4-5-11(13)10(12)6-9/h4-6,8H,7H2,1-3H3/t8-/m1/s1. The monoisotopic (exact) mass is 247 g/mol. The van der Waals surface area contributed by atoms with Crippen LogP contribution in [0.25, 0.3) is 0 Å². The predicted octanol–water partition coefficient (Wildman–Crippen LogP) is 3.79. The van der Waals surface area contributed by atoms with E-state index in [2.05, 4.69) is 18.1 Å². The highest BCUT2D eigenvalue weighted by atomic mass is 35.5. The van der Waals surface area contributed by atoms with Gasteiger partial charge in [-0.1, -0.05) is 17.7 Å². The van der Waals surface area contributed by atoms with Crippen molar-refractivity contribution in [3.8, 4) is 0 Å². The largest absolute Gasteiger partial charge is 0.290 e. The summed E-state index contributed by atoms with van der Waals surface area (Å²) < 4.78 is 13.0. The second kappa shape index (κ2) is 5.73. The number of hydrogen-bond acceptors (Lipinski definition) is 2. The van der Waals surface area contributed by atoms with E-state index in [1.54, 1.807) is 23.9 Å². The third kappa shape index (κ3) is 3.37. The Morgan fingerprint density at radius 2 is 2.20 bits per heavy atom. The van der Waals surface area contributed by atoms with Gasteiger partial charge in [-0.05, 0) is 37.9 Å². The van der Waals surface area contributed by atoms with Crippen molar-refractivity contribution in [1.29, 1.82) is 0 Å². The van der Waals surface area contributed by atoms with Gasteiger partial charge in [-0.15, -0.1) is 11.8 Å². The maximum atomic E-state index is 13.0. The molecule has 0 aliphatic heterocycles. The van der Waals surface area contributed by atoms with E-state index in [9.17, 15) is 4.39 Å². The van der Waals surface area contributed by atoms with E-state index in [0.717, 1.165) is 11.4 Å². The normalized spacial score (nSPS) is 13.2. The zero-order chi connectivity index (χ0) is 11.4. The van der Waals surface area contributed by atoms with Crippen LogP contribution in [-0.4, -0.2) is 24.1 Å². The predicted molar refractivity (Wildman–Crippen MR) is 66.0 cm³/mol. The first-order valence-corrected chi connectivity index (χ1v) is 6.47. The second-order valence-corrected chi connectivity index (χ2v) is 4.77. The van der Waals surface area contributed by atoms with Crippen molar-refractivity contribution in [3.63, 3.8) is 0 Å². The number of rotatable bonds is 4. The van der Waals surface area contributed by atoms with Gasteiger partial charge in [0.2, 0.25) is 0 Å². The van der Waals surface area contributed by atoms with Crippen LogP contribution < -0.4 is 0 Å². The van der Waals surface area contributed by atoms with E-state index in [1.165, 1.54) is 6.07 Å². The molecule has 0 fully saturated rings. The quantitative estimate of drug-likeness (QED) is 0.745. The third-order valence-electron chi connectivity index (χ3n) is 2.42. The minimum Gasteiger partial charge on any atom is -0.290 e. The van der Waals surface area contributed by atoms with Gasteiger partial charge in [0.1, 0.15) is 5.82 Å². The average Bonchev–Trinajstić information content (AvgIpc) is 2.21. The Balaban J connectivity index is 2.81. The zero-order valence-corrected chi connectivity index (χ0v) is 10.7. The van der Waals surface area contributed by atoms with Crippen molar-refractivity contribution < 1.29 is 4.39 Å². The second-order valence-electron chi connectivity index (χ2n) is 3.52.